The largest absolute Gasteiger partial charge is 0.465 e. The number of nitrogens with zero attached hydrogens (tertiary/aromatic N) is 1. The molecule has 3 aromatic carbocycles. The fourth-order valence-corrected chi connectivity index (χ4v) is 4.30. The molecule has 0 saturated heterocycles. The Hall–Kier alpha value is -4.48. The molecule has 0 spiro atoms. The van der Waals surface area contributed by atoms with Crippen LogP contribution in [0, 0.1) is 0 Å². The van der Waals surface area contributed by atoms with Gasteiger partial charge in [-0.15, -0.1) is 0 Å². The van der Waals surface area contributed by atoms with Crippen LogP contribution in [0.1, 0.15) is 21.5 Å². The van der Waals surface area contributed by atoms with Crippen molar-refractivity contribution in [2.24, 2.45) is 0 Å². The van der Waals surface area contributed by atoms with Gasteiger partial charge in [0.1, 0.15) is 0 Å². The highest BCUT2D eigenvalue weighted by Crippen LogP contribution is 2.38. The number of methoxy groups -OCH3 is 1. The lowest BCUT2D eigenvalue weighted by Gasteiger charge is -2.19. The van der Waals surface area contributed by atoms with E-state index in [4.69, 9.17) is 4.74 Å². The molecule has 196 valence electrons. The highest BCUT2D eigenvalue weighted by molar-refractivity contribution is 7.88. The number of ether oxygens (including phenoxy) is 1. The van der Waals surface area contributed by atoms with E-state index in [1.807, 2.05) is 30.3 Å². The zero-order valence-electron chi connectivity index (χ0n) is 20.9. The number of anilines is 3. The normalized spacial score (nSPS) is 13.8. The molecule has 0 fully saturated rings. The van der Waals surface area contributed by atoms with Gasteiger partial charge in [-0.05, 0) is 42.0 Å². The van der Waals surface area contributed by atoms with E-state index in [1.165, 1.54) is 12.0 Å². The summed E-state index contributed by atoms with van der Waals surface area (Å²) in [7, 11) is -0.648. The van der Waals surface area contributed by atoms with E-state index >= 15 is 0 Å². The predicted octanol–water partition coefficient (Wildman–Crippen LogP) is 2.92. The van der Waals surface area contributed by atoms with E-state index in [0.717, 1.165) is 11.8 Å². The smallest absolute Gasteiger partial charge is 0.337 e. The summed E-state index contributed by atoms with van der Waals surface area (Å²) in [6.07, 6.45) is 0.987. The molecule has 0 aromatic heterocycles. The van der Waals surface area contributed by atoms with Crippen molar-refractivity contribution >= 4 is 56.1 Å². The number of nitrogens with one attached hydrogen (secondary N) is 3. The number of benzene rings is 3. The minimum absolute atomic E-state index is 0.322. The van der Waals surface area contributed by atoms with Crippen molar-refractivity contribution in [2.45, 2.75) is 0 Å². The number of esters is 1. The second kappa shape index (κ2) is 10.9. The summed E-state index contributed by atoms with van der Waals surface area (Å²) < 4.78 is 29.5. The summed E-state index contributed by atoms with van der Waals surface area (Å²) in [5, 5.41) is 6.15. The van der Waals surface area contributed by atoms with Crippen LogP contribution in [0.3, 0.4) is 0 Å². The molecule has 10 nitrogen and oxygen atoms in total. The Morgan fingerprint density at radius 3 is 2.29 bits per heavy atom. The molecule has 0 unspecified atom stereocenters. The fourth-order valence-electron chi connectivity index (χ4n) is 3.92. The van der Waals surface area contributed by atoms with Crippen LogP contribution in [0.4, 0.5) is 17.1 Å². The lowest BCUT2D eigenvalue weighted by Crippen LogP contribution is -2.37. The van der Waals surface area contributed by atoms with Crippen molar-refractivity contribution in [1.29, 1.82) is 0 Å². The average Bonchev–Trinajstić information content (AvgIpc) is 3.24. The van der Waals surface area contributed by atoms with Gasteiger partial charge in [0.15, 0.2) is 0 Å². The third kappa shape index (κ3) is 5.90. The third-order valence-corrected chi connectivity index (χ3v) is 6.55. The summed E-state index contributed by atoms with van der Waals surface area (Å²) in [6, 6.07) is 21.1. The summed E-state index contributed by atoms with van der Waals surface area (Å²) in [4.78, 5) is 38.8. The Morgan fingerprint density at radius 1 is 0.974 bits per heavy atom. The first-order chi connectivity index (χ1) is 18.1. The number of carbonyl (C=O) groups is 3. The first-order valence-electron chi connectivity index (χ1n) is 11.5. The molecule has 1 aliphatic heterocycles. The van der Waals surface area contributed by atoms with Crippen molar-refractivity contribution < 1.29 is 27.5 Å². The SMILES string of the molecule is COC(=O)c1ccc2c(c1)NC(=O)/C2=C(\Nc1ccc(N(C)C(=O)CNS(C)(=O)=O)cc1)c1ccccc1. The quantitative estimate of drug-likeness (QED) is 0.299. The lowest BCUT2D eigenvalue weighted by atomic mass is 9.99. The van der Waals surface area contributed by atoms with E-state index in [-0.39, 0.29) is 12.5 Å². The Morgan fingerprint density at radius 2 is 1.66 bits per heavy atom. The lowest BCUT2D eigenvalue weighted by molar-refractivity contribution is -0.117. The van der Waals surface area contributed by atoms with E-state index < -0.39 is 21.9 Å². The molecule has 3 aromatic rings. The topological polar surface area (TPSA) is 134 Å². The molecular formula is C27H26N4O6S. The number of hydrogen-bond donors (Lipinski definition) is 3. The van der Waals surface area contributed by atoms with Crippen LogP contribution < -0.4 is 20.3 Å². The Kier molecular flexibility index (Phi) is 7.60. The van der Waals surface area contributed by atoms with Gasteiger partial charge in [-0.3, -0.25) is 9.59 Å². The highest BCUT2D eigenvalue weighted by Gasteiger charge is 2.29. The zero-order chi connectivity index (χ0) is 27.4. The maximum atomic E-state index is 13.1. The number of likely N-dealkylation sites (N-methyl/N-ethyl adjacent to an activating group) is 1. The summed E-state index contributed by atoms with van der Waals surface area (Å²) in [5.41, 5.74) is 4.41. The van der Waals surface area contributed by atoms with Crippen molar-refractivity contribution in [1.82, 2.24) is 4.72 Å². The second-order valence-electron chi connectivity index (χ2n) is 8.54. The standard InChI is InChI=1S/C27H26N4O6S/c1-31(23(32)16-28-38(3,35)36)20-12-10-19(11-13-20)29-25(17-7-5-4-6-8-17)24-21-14-9-18(27(34)37-2)15-22(21)30-26(24)33/h4-15,28-29H,16H2,1-3H3,(H,30,33)/b25-24-. The molecule has 0 radical (unpaired) electrons. The van der Waals surface area contributed by atoms with Gasteiger partial charge in [-0.1, -0.05) is 36.4 Å². The molecule has 1 heterocycles. The van der Waals surface area contributed by atoms with Gasteiger partial charge in [-0.25, -0.2) is 17.9 Å². The van der Waals surface area contributed by atoms with Gasteiger partial charge in [0.2, 0.25) is 15.9 Å². The summed E-state index contributed by atoms with van der Waals surface area (Å²) >= 11 is 0. The molecule has 0 atom stereocenters. The summed E-state index contributed by atoms with van der Waals surface area (Å²) in [6.45, 7) is -0.355. The first-order valence-corrected chi connectivity index (χ1v) is 13.4. The van der Waals surface area contributed by atoms with Crippen LogP contribution in [0.5, 0.6) is 0 Å². The molecule has 0 bridgehead atoms. The monoisotopic (exact) mass is 534 g/mol. The Bertz CT molecular complexity index is 1530. The molecule has 11 heteroatoms. The fraction of sp³-hybridized carbons (Fsp3) is 0.148. The van der Waals surface area contributed by atoms with Gasteiger partial charge >= 0.3 is 5.97 Å². The van der Waals surface area contributed by atoms with E-state index in [2.05, 4.69) is 15.4 Å². The zero-order valence-corrected chi connectivity index (χ0v) is 21.8. The number of sulfonamides is 1. The van der Waals surface area contributed by atoms with Crippen molar-refractivity contribution in [3.63, 3.8) is 0 Å². The van der Waals surface area contributed by atoms with E-state index in [1.54, 1.807) is 49.5 Å². The number of rotatable bonds is 8. The average molecular weight is 535 g/mol. The molecule has 4 rings (SSSR count). The maximum absolute atomic E-state index is 13.1. The van der Waals surface area contributed by atoms with E-state index in [9.17, 15) is 22.8 Å². The van der Waals surface area contributed by atoms with Crippen LogP contribution >= 0.6 is 0 Å². The molecule has 0 aliphatic carbocycles. The van der Waals surface area contributed by atoms with Gasteiger partial charge in [0.05, 0.1) is 42.4 Å². The number of carbonyl (C=O) groups excluding carboxylic acids is 3. The second-order valence-corrected chi connectivity index (χ2v) is 10.4. The minimum Gasteiger partial charge on any atom is -0.465 e. The molecule has 3 N–H and O–H groups in total. The van der Waals surface area contributed by atoms with Gasteiger partial charge in [-0.2, -0.15) is 0 Å². The van der Waals surface area contributed by atoms with Gasteiger partial charge < -0.3 is 20.3 Å². The first kappa shape index (κ1) is 26.6. The Labute approximate surface area is 220 Å². The minimum atomic E-state index is -3.49. The van der Waals surface area contributed by atoms with E-state index in [0.29, 0.717) is 39.5 Å². The predicted molar refractivity (Wildman–Crippen MR) is 146 cm³/mol. The molecule has 2 amide bonds. The van der Waals surface area contributed by atoms with Crippen molar-refractivity contribution in [3.8, 4) is 0 Å². The van der Waals surface area contributed by atoms with Gasteiger partial charge in [0, 0.05) is 24.0 Å². The van der Waals surface area contributed by atoms with Crippen LogP contribution in [0.15, 0.2) is 72.8 Å². The number of amides is 2. The molecule has 38 heavy (non-hydrogen) atoms. The van der Waals surface area contributed by atoms with Crippen LogP contribution in [-0.2, 0) is 24.3 Å². The van der Waals surface area contributed by atoms with Crippen molar-refractivity contribution in [3.05, 3.63) is 89.5 Å². The number of fused-ring (bicyclic) bond motifs is 1. The van der Waals surface area contributed by atoms with Crippen molar-refractivity contribution in [2.75, 3.05) is 42.5 Å². The number of hydrogen-bond acceptors (Lipinski definition) is 7. The Balaban J connectivity index is 1.66. The molecular weight excluding hydrogens is 508 g/mol. The maximum Gasteiger partial charge on any atom is 0.337 e. The summed E-state index contributed by atoms with van der Waals surface area (Å²) in [5.74, 6) is -1.25. The molecule has 1 aliphatic rings. The molecule has 0 saturated carbocycles. The van der Waals surface area contributed by atoms with Crippen LogP contribution in [0.2, 0.25) is 0 Å². The van der Waals surface area contributed by atoms with Crippen LogP contribution in [0.25, 0.3) is 11.3 Å². The highest BCUT2D eigenvalue weighted by atomic mass is 32.2. The third-order valence-electron chi connectivity index (χ3n) is 5.88. The van der Waals surface area contributed by atoms with Crippen LogP contribution in [-0.4, -0.2) is 53.2 Å². The van der Waals surface area contributed by atoms with Gasteiger partial charge in [0.25, 0.3) is 5.91 Å².